The number of nitrogens with zero attached hydrogens (tertiary/aromatic N) is 3. The van der Waals surface area contributed by atoms with Crippen molar-refractivity contribution in [3.8, 4) is 11.3 Å². The Morgan fingerprint density at radius 1 is 1.25 bits per heavy atom. The van der Waals surface area contributed by atoms with Gasteiger partial charge < -0.3 is 5.73 Å². The molecule has 3 rings (SSSR count). The van der Waals surface area contributed by atoms with E-state index in [-0.39, 0.29) is 0 Å². The number of benzene rings is 1. The SMILES string of the molecule is Nc1nn2cc(-c3ccc(Cl)cc3)nc2s1. The Morgan fingerprint density at radius 3 is 2.69 bits per heavy atom. The lowest BCUT2D eigenvalue weighted by atomic mass is 10.2. The first-order chi connectivity index (χ1) is 7.72. The van der Waals surface area contributed by atoms with Crippen LogP contribution in [-0.2, 0) is 0 Å². The molecule has 2 N–H and O–H groups in total. The van der Waals surface area contributed by atoms with E-state index in [0.717, 1.165) is 16.2 Å². The molecule has 6 heteroatoms. The number of imidazole rings is 1. The van der Waals surface area contributed by atoms with Crippen molar-refractivity contribution in [2.45, 2.75) is 0 Å². The lowest BCUT2D eigenvalue weighted by Gasteiger charge is -1.95. The van der Waals surface area contributed by atoms with Crippen LogP contribution >= 0.6 is 22.9 Å². The number of anilines is 1. The van der Waals surface area contributed by atoms with Gasteiger partial charge in [0.05, 0.1) is 11.9 Å². The van der Waals surface area contributed by atoms with E-state index in [0.29, 0.717) is 10.2 Å². The minimum atomic E-state index is 0.519. The number of nitrogen functional groups attached to an aromatic ring is 1. The molecule has 1 aromatic carbocycles. The maximum Gasteiger partial charge on any atom is 0.214 e. The van der Waals surface area contributed by atoms with Crippen molar-refractivity contribution in [3.63, 3.8) is 0 Å². The average Bonchev–Trinajstić information content (AvgIpc) is 2.75. The highest BCUT2D eigenvalue weighted by Gasteiger charge is 2.07. The molecule has 0 unspecified atom stereocenters. The van der Waals surface area contributed by atoms with Crippen molar-refractivity contribution in [1.82, 2.24) is 14.6 Å². The van der Waals surface area contributed by atoms with E-state index in [1.807, 2.05) is 30.5 Å². The third-order valence-electron chi connectivity index (χ3n) is 2.20. The summed E-state index contributed by atoms with van der Waals surface area (Å²) in [5, 5.41) is 5.33. The standard InChI is InChI=1S/C10H7ClN4S/c11-7-3-1-6(2-4-7)8-5-15-10(13-8)16-9(12)14-15/h1-5H,(H2,12,14). The van der Waals surface area contributed by atoms with E-state index in [9.17, 15) is 0 Å². The maximum atomic E-state index is 5.83. The smallest absolute Gasteiger partial charge is 0.214 e. The van der Waals surface area contributed by atoms with Crippen LogP contribution in [0.5, 0.6) is 0 Å². The first-order valence-corrected chi connectivity index (χ1v) is 5.79. The zero-order valence-corrected chi connectivity index (χ0v) is 9.66. The zero-order valence-electron chi connectivity index (χ0n) is 8.09. The second-order valence-electron chi connectivity index (χ2n) is 3.30. The molecule has 2 aromatic heterocycles. The summed E-state index contributed by atoms with van der Waals surface area (Å²) in [6.45, 7) is 0. The van der Waals surface area contributed by atoms with Crippen LogP contribution in [0.15, 0.2) is 30.5 Å². The molecule has 3 aromatic rings. The quantitative estimate of drug-likeness (QED) is 0.722. The Balaban J connectivity index is 2.11. The van der Waals surface area contributed by atoms with Crippen LogP contribution in [0.1, 0.15) is 0 Å². The van der Waals surface area contributed by atoms with Crippen molar-refractivity contribution in [2.75, 3.05) is 5.73 Å². The lowest BCUT2D eigenvalue weighted by molar-refractivity contribution is 0.981. The first kappa shape index (κ1) is 9.62. The van der Waals surface area contributed by atoms with Crippen LogP contribution in [0.2, 0.25) is 5.02 Å². The maximum absolute atomic E-state index is 5.83. The fraction of sp³-hybridized carbons (Fsp3) is 0. The molecule has 0 aliphatic rings. The molecule has 16 heavy (non-hydrogen) atoms. The Labute approximate surface area is 100 Å². The average molecular weight is 251 g/mol. The van der Waals surface area contributed by atoms with Crippen molar-refractivity contribution < 1.29 is 0 Å². The number of halogens is 1. The molecule has 4 nitrogen and oxygen atoms in total. The molecule has 0 saturated heterocycles. The van der Waals surface area contributed by atoms with E-state index in [1.165, 1.54) is 11.3 Å². The fourth-order valence-corrected chi connectivity index (χ4v) is 2.25. The summed E-state index contributed by atoms with van der Waals surface area (Å²) < 4.78 is 1.68. The zero-order chi connectivity index (χ0) is 11.1. The van der Waals surface area contributed by atoms with Crippen molar-refractivity contribution in [2.24, 2.45) is 0 Å². The number of hydrogen-bond donors (Lipinski definition) is 1. The van der Waals surface area contributed by atoms with E-state index < -0.39 is 0 Å². The van der Waals surface area contributed by atoms with Crippen LogP contribution in [0.3, 0.4) is 0 Å². The van der Waals surface area contributed by atoms with Gasteiger partial charge in [0.25, 0.3) is 0 Å². The van der Waals surface area contributed by atoms with Crippen molar-refractivity contribution >= 4 is 33.0 Å². The number of hydrogen-bond acceptors (Lipinski definition) is 4. The Bertz CT molecular complexity index is 609. The predicted molar refractivity (Wildman–Crippen MR) is 65.7 cm³/mol. The van der Waals surface area contributed by atoms with Gasteiger partial charge in [0.15, 0.2) is 0 Å². The molecular weight excluding hydrogens is 244 g/mol. The monoisotopic (exact) mass is 250 g/mol. The molecule has 0 aliphatic heterocycles. The number of aromatic nitrogens is 3. The minimum Gasteiger partial charge on any atom is -0.374 e. The normalized spacial score (nSPS) is 11.1. The molecule has 0 spiro atoms. The third kappa shape index (κ3) is 1.54. The molecule has 0 saturated carbocycles. The topological polar surface area (TPSA) is 56.2 Å². The Hall–Kier alpha value is -1.59. The fourth-order valence-electron chi connectivity index (χ4n) is 1.48. The van der Waals surface area contributed by atoms with Crippen LogP contribution in [-0.4, -0.2) is 14.6 Å². The highest BCUT2D eigenvalue weighted by molar-refractivity contribution is 7.20. The Morgan fingerprint density at radius 2 is 2.00 bits per heavy atom. The van der Waals surface area contributed by atoms with Gasteiger partial charge in [0.1, 0.15) is 0 Å². The van der Waals surface area contributed by atoms with Crippen LogP contribution < -0.4 is 5.73 Å². The van der Waals surface area contributed by atoms with Gasteiger partial charge in [0.2, 0.25) is 10.1 Å². The molecule has 0 fully saturated rings. The molecule has 0 atom stereocenters. The van der Waals surface area contributed by atoms with Crippen molar-refractivity contribution in [3.05, 3.63) is 35.5 Å². The van der Waals surface area contributed by atoms with Gasteiger partial charge in [-0.25, -0.2) is 9.50 Å². The lowest BCUT2D eigenvalue weighted by Crippen LogP contribution is -1.85. The number of rotatable bonds is 1. The summed E-state index contributed by atoms with van der Waals surface area (Å²) in [5.41, 5.74) is 7.46. The molecule has 0 aliphatic carbocycles. The molecule has 0 amide bonds. The van der Waals surface area contributed by atoms with Gasteiger partial charge >= 0.3 is 0 Å². The summed E-state index contributed by atoms with van der Waals surface area (Å²) in [4.78, 5) is 5.22. The van der Waals surface area contributed by atoms with Gasteiger partial charge in [0, 0.05) is 10.6 Å². The molecule has 2 heterocycles. The van der Waals surface area contributed by atoms with E-state index in [1.54, 1.807) is 4.52 Å². The minimum absolute atomic E-state index is 0.519. The summed E-state index contributed by atoms with van der Waals surface area (Å²) in [5.74, 6) is 0. The largest absolute Gasteiger partial charge is 0.374 e. The van der Waals surface area contributed by atoms with Gasteiger partial charge in [-0.1, -0.05) is 35.1 Å². The predicted octanol–water partition coefficient (Wildman–Crippen LogP) is 2.69. The second kappa shape index (κ2) is 3.47. The van der Waals surface area contributed by atoms with Gasteiger partial charge in [-0.3, -0.25) is 0 Å². The summed E-state index contributed by atoms with van der Waals surface area (Å²) in [6, 6.07) is 7.54. The van der Waals surface area contributed by atoms with E-state index in [2.05, 4.69) is 10.1 Å². The van der Waals surface area contributed by atoms with Gasteiger partial charge in [-0.2, -0.15) is 0 Å². The highest BCUT2D eigenvalue weighted by atomic mass is 35.5. The van der Waals surface area contributed by atoms with Gasteiger partial charge in [-0.15, -0.1) is 5.10 Å². The Kier molecular flexibility index (Phi) is 2.08. The molecule has 0 bridgehead atoms. The summed E-state index contributed by atoms with van der Waals surface area (Å²) in [6.07, 6.45) is 1.85. The van der Waals surface area contributed by atoms with Gasteiger partial charge in [-0.05, 0) is 12.1 Å². The van der Waals surface area contributed by atoms with Crippen LogP contribution in [0.4, 0.5) is 5.13 Å². The second-order valence-corrected chi connectivity index (χ2v) is 4.72. The summed E-state index contributed by atoms with van der Waals surface area (Å²) in [7, 11) is 0. The van der Waals surface area contributed by atoms with E-state index >= 15 is 0 Å². The molecular formula is C10H7ClN4S. The third-order valence-corrected chi connectivity index (χ3v) is 3.20. The summed E-state index contributed by atoms with van der Waals surface area (Å²) >= 11 is 7.19. The van der Waals surface area contributed by atoms with Crippen LogP contribution in [0.25, 0.3) is 16.2 Å². The number of fused-ring (bicyclic) bond motifs is 1. The van der Waals surface area contributed by atoms with E-state index in [4.69, 9.17) is 17.3 Å². The van der Waals surface area contributed by atoms with Crippen LogP contribution in [0, 0.1) is 0 Å². The number of nitrogens with two attached hydrogens (primary N) is 1. The first-order valence-electron chi connectivity index (χ1n) is 4.60. The highest BCUT2D eigenvalue weighted by Crippen LogP contribution is 2.23. The molecule has 80 valence electrons. The van der Waals surface area contributed by atoms with Crippen molar-refractivity contribution in [1.29, 1.82) is 0 Å². The molecule has 0 radical (unpaired) electrons.